The Labute approximate surface area is 204 Å². The number of ether oxygens (including phenoxy) is 1. The number of carbonyl (C=O) groups excluding carboxylic acids is 2. The lowest BCUT2D eigenvalue weighted by Gasteiger charge is -2.31. The predicted molar refractivity (Wildman–Crippen MR) is 133 cm³/mol. The highest BCUT2D eigenvalue weighted by Crippen LogP contribution is 2.29. The van der Waals surface area contributed by atoms with Crippen molar-refractivity contribution in [3.8, 4) is 5.75 Å². The number of halogens is 2. The molecule has 2 aromatic carbocycles. The molecular formula is C25H32BrClN2O3. The number of benzene rings is 2. The number of nitrogens with zero attached hydrogens (tertiary/aromatic N) is 1. The van der Waals surface area contributed by atoms with Gasteiger partial charge in [0.25, 0.3) is 5.91 Å². The van der Waals surface area contributed by atoms with Gasteiger partial charge in [-0.3, -0.25) is 9.59 Å². The van der Waals surface area contributed by atoms with Gasteiger partial charge in [-0.2, -0.15) is 0 Å². The molecule has 0 saturated heterocycles. The SMILES string of the molecule is CC(C)c1ccc(OCC(=O)N(Cc2cccc(Cl)c2)[C@@H](C)C(=O)NC(C)(C)C)c(Br)c1. The summed E-state index contributed by atoms with van der Waals surface area (Å²) in [6.45, 7) is 11.7. The van der Waals surface area contributed by atoms with E-state index >= 15 is 0 Å². The molecule has 2 amide bonds. The van der Waals surface area contributed by atoms with E-state index in [1.807, 2.05) is 51.1 Å². The Morgan fingerprint density at radius 3 is 2.38 bits per heavy atom. The highest BCUT2D eigenvalue weighted by Gasteiger charge is 2.28. The first-order chi connectivity index (χ1) is 14.9. The van der Waals surface area contributed by atoms with Crippen LogP contribution in [-0.2, 0) is 16.1 Å². The summed E-state index contributed by atoms with van der Waals surface area (Å²) >= 11 is 9.64. The van der Waals surface area contributed by atoms with E-state index in [1.165, 1.54) is 10.5 Å². The fourth-order valence-corrected chi connectivity index (χ4v) is 3.83. The van der Waals surface area contributed by atoms with E-state index in [4.69, 9.17) is 16.3 Å². The van der Waals surface area contributed by atoms with Crippen LogP contribution in [0.4, 0.5) is 0 Å². The maximum Gasteiger partial charge on any atom is 0.261 e. The molecule has 0 aliphatic rings. The normalized spacial score (nSPS) is 12.4. The van der Waals surface area contributed by atoms with Crippen molar-refractivity contribution in [3.63, 3.8) is 0 Å². The highest BCUT2D eigenvalue weighted by molar-refractivity contribution is 9.10. The maximum absolute atomic E-state index is 13.2. The number of hydrogen-bond acceptors (Lipinski definition) is 3. The minimum Gasteiger partial charge on any atom is -0.483 e. The number of nitrogens with one attached hydrogen (secondary N) is 1. The molecule has 0 heterocycles. The van der Waals surface area contributed by atoms with Gasteiger partial charge < -0.3 is 15.0 Å². The third-order valence-electron chi connectivity index (χ3n) is 4.88. The molecule has 0 aliphatic heterocycles. The van der Waals surface area contributed by atoms with E-state index < -0.39 is 11.6 Å². The van der Waals surface area contributed by atoms with Crippen LogP contribution in [-0.4, -0.2) is 34.9 Å². The molecule has 1 atom stereocenters. The maximum atomic E-state index is 13.2. The van der Waals surface area contributed by atoms with Crippen LogP contribution in [0.3, 0.4) is 0 Å². The molecule has 2 rings (SSSR count). The second kappa shape index (κ2) is 11.2. The van der Waals surface area contributed by atoms with E-state index in [2.05, 4.69) is 35.1 Å². The van der Waals surface area contributed by atoms with Gasteiger partial charge in [0.1, 0.15) is 11.8 Å². The summed E-state index contributed by atoms with van der Waals surface area (Å²) in [5, 5.41) is 3.52. The van der Waals surface area contributed by atoms with Crippen molar-refractivity contribution in [1.29, 1.82) is 0 Å². The lowest BCUT2D eigenvalue weighted by molar-refractivity contribution is -0.142. The van der Waals surface area contributed by atoms with Crippen molar-refractivity contribution in [2.75, 3.05) is 6.61 Å². The van der Waals surface area contributed by atoms with Crippen molar-refractivity contribution in [1.82, 2.24) is 10.2 Å². The van der Waals surface area contributed by atoms with Crippen molar-refractivity contribution >= 4 is 39.3 Å². The Morgan fingerprint density at radius 2 is 1.81 bits per heavy atom. The molecule has 0 unspecified atom stereocenters. The number of amides is 2. The Balaban J connectivity index is 2.20. The van der Waals surface area contributed by atoms with Crippen LogP contribution in [0.25, 0.3) is 0 Å². The number of rotatable bonds is 8. The quantitative estimate of drug-likeness (QED) is 0.466. The van der Waals surface area contributed by atoms with Crippen molar-refractivity contribution < 1.29 is 14.3 Å². The summed E-state index contributed by atoms with van der Waals surface area (Å²) < 4.78 is 6.60. The summed E-state index contributed by atoms with van der Waals surface area (Å²) in [4.78, 5) is 27.5. The summed E-state index contributed by atoms with van der Waals surface area (Å²) in [7, 11) is 0. The van der Waals surface area contributed by atoms with Crippen LogP contribution in [0.15, 0.2) is 46.9 Å². The molecule has 0 aliphatic carbocycles. The van der Waals surface area contributed by atoms with E-state index in [0.717, 1.165) is 10.0 Å². The van der Waals surface area contributed by atoms with Gasteiger partial charge in [0.2, 0.25) is 5.91 Å². The third-order valence-corrected chi connectivity index (χ3v) is 5.74. The molecule has 1 N–H and O–H groups in total. The standard InChI is InChI=1S/C25H32BrClN2O3/c1-16(2)19-10-11-22(21(26)13-19)32-15-23(30)29(14-18-8-7-9-20(27)12-18)17(3)24(31)28-25(4,5)6/h7-13,16-17H,14-15H2,1-6H3,(H,28,31)/t17-/m0/s1. The lowest BCUT2D eigenvalue weighted by Crippen LogP contribution is -2.53. The molecule has 174 valence electrons. The van der Waals surface area contributed by atoms with Gasteiger partial charge in [-0.25, -0.2) is 0 Å². The Kier molecular flexibility index (Phi) is 9.17. The first-order valence-corrected chi connectivity index (χ1v) is 11.8. The average molecular weight is 524 g/mol. The fourth-order valence-electron chi connectivity index (χ4n) is 3.10. The topological polar surface area (TPSA) is 58.6 Å². The first kappa shape index (κ1) is 26.2. The zero-order valence-electron chi connectivity index (χ0n) is 19.5. The summed E-state index contributed by atoms with van der Waals surface area (Å²) in [6.07, 6.45) is 0. The second-order valence-electron chi connectivity index (χ2n) is 9.20. The average Bonchev–Trinajstić information content (AvgIpc) is 2.69. The Bertz CT molecular complexity index is 956. The van der Waals surface area contributed by atoms with Gasteiger partial charge in [0.05, 0.1) is 4.47 Å². The van der Waals surface area contributed by atoms with Crippen LogP contribution in [0, 0.1) is 0 Å². The first-order valence-electron chi connectivity index (χ1n) is 10.7. The van der Waals surface area contributed by atoms with Crippen LogP contribution in [0.5, 0.6) is 5.75 Å². The zero-order chi connectivity index (χ0) is 24.1. The molecule has 0 fully saturated rings. The minimum absolute atomic E-state index is 0.187. The Hall–Kier alpha value is -2.05. The summed E-state index contributed by atoms with van der Waals surface area (Å²) in [5.41, 5.74) is 1.60. The van der Waals surface area contributed by atoms with Crippen molar-refractivity contribution in [2.24, 2.45) is 0 Å². The van der Waals surface area contributed by atoms with Crippen LogP contribution < -0.4 is 10.1 Å². The molecule has 0 radical (unpaired) electrons. The van der Waals surface area contributed by atoms with Crippen molar-refractivity contribution in [3.05, 3.63) is 63.1 Å². The molecule has 0 saturated carbocycles. The van der Waals surface area contributed by atoms with E-state index in [0.29, 0.717) is 16.7 Å². The van der Waals surface area contributed by atoms with Gasteiger partial charge in [-0.05, 0) is 84.9 Å². The van der Waals surface area contributed by atoms with Gasteiger partial charge >= 0.3 is 0 Å². The fraction of sp³-hybridized carbons (Fsp3) is 0.440. The minimum atomic E-state index is -0.684. The van der Waals surface area contributed by atoms with Gasteiger partial charge in [0, 0.05) is 17.1 Å². The van der Waals surface area contributed by atoms with Gasteiger partial charge in [0.15, 0.2) is 6.61 Å². The van der Waals surface area contributed by atoms with E-state index in [-0.39, 0.29) is 25.0 Å². The van der Waals surface area contributed by atoms with Crippen LogP contribution >= 0.6 is 27.5 Å². The highest BCUT2D eigenvalue weighted by atomic mass is 79.9. The smallest absolute Gasteiger partial charge is 0.261 e. The summed E-state index contributed by atoms with van der Waals surface area (Å²) in [5.74, 6) is 0.450. The largest absolute Gasteiger partial charge is 0.483 e. The number of hydrogen-bond donors (Lipinski definition) is 1. The molecular weight excluding hydrogens is 492 g/mol. The lowest BCUT2D eigenvalue weighted by atomic mass is 10.0. The Morgan fingerprint density at radius 1 is 1.12 bits per heavy atom. The molecule has 0 spiro atoms. The second-order valence-corrected chi connectivity index (χ2v) is 10.5. The monoisotopic (exact) mass is 522 g/mol. The van der Waals surface area contributed by atoms with Gasteiger partial charge in [-0.1, -0.05) is 43.6 Å². The predicted octanol–water partition coefficient (Wildman–Crippen LogP) is 5.94. The van der Waals surface area contributed by atoms with Crippen LogP contribution in [0.2, 0.25) is 5.02 Å². The van der Waals surface area contributed by atoms with E-state index in [9.17, 15) is 9.59 Å². The molecule has 2 aromatic rings. The molecule has 32 heavy (non-hydrogen) atoms. The molecule has 0 aromatic heterocycles. The molecule has 0 bridgehead atoms. The molecule has 5 nitrogen and oxygen atoms in total. The summed E-state index contributed by atoms with van der Waals surface area (Å²) in [6, 6.07) is 12.4. The van der Waals surface area contributed by atoms with E-state index in [1.54, 1.807) is 19.1 Å². The van der Waals surface area contributed by atoms with Gasteiger partial charge in [-0.15, -0.1) is 0 Å². The third kappa shape index (κ3) is 7.82. The van der Waals surface area contributed by atoms with Crippen LogP contribution in [0.1, 0.15) is 58.6 Å². The zero-order valence-corrected chi connectivity index (χ0v) is 21.9. The molecule has 7 heteroatoms. The van der Waals surface area contributed by atoms with Crippen molar-refractivity contribution in [2.45, 2.75) is 65.6 Å². The number of carbonyl (C=O) groups is 2.